The number of benzene rings is 1. The molecule has 1 aliphatic rings. The third-order valence-electron chi connectivity index (χ3n) is 2.90. The van der Waals surface area contributed by atoms with Gasteiger partial charge in [0.25, 0.3) is 5.82 Å². The van der Waals surface area contributed by atoms with Crippen molar-refractivity contribution in [2.45, 2.75) is 18.8 Å². The molecule has 5 nitrogen and oxygen atoms in total. The minimum Gasteiger partial charge on any atom is -0.475 e. The first-order valence-electron chi connectivity index (χ1n) is 5.72. The lowest BCUT2D eigenvalue weighted by molar-refractivity contribution is 0.0683. The summed E-state index contributed by atoms with van der Waals surface area (Å²) in [6.07, 6.45) is 1.85. The fraction of sp³-hybridized carbons (Fsp3) is 0.250. The van der Waals surface area contributed by atoms with Crippen LogP contribution < -0.4 is 0 Å². The Labute approximate surface area is 116 Å². The van der Waals surface area contributed by atoms with Gasteiger partial charge in [-0.2, -0.15) is 0 Å². The van der Waals surface area contributed by atoms with Gasteiger partial charge in [-0.15, -0.1) is 5.10 Å². The maximum absolute atomic E-state index is 13.9. The van der Waals surface area contributed by atoms with Crippen molar-refractivity contribution in [1.29, 1.82) is 0 Å². The number of hydrogen-bond acceptors (Lipinski definition) is 3. The van der Waals surface area contributed by atoms with E-state index in [1.54, 1.807) is 12.1 Å². The standard InChI is InChI=1S/C12H9BrFN3O2/c13-7-3-4-8(14)9(5-7)17-11(6-1-2-6)15-10(16-17)12(18)19/h3-6H,1-2H2,(H,18,19). The maximum Gasteiger partial charge on any atom is 0.375 e. The molecule has 7 heteroatoms. The summed E-state index contributed by atoms with van der Waals surface area (Å²) in [5, 5.41) is 12.8. The van der Waals surface area contributed by atoms with Crippen LogP contribution in [0.25, 0.3) is 5.69 Å². The Morgan fingerprint density at radius 3 is 2.84 bits per heavy atom. The molecule has 1 aromatic heterocycles. The van der Waals surface area contributed by atoms with Crippen LogP contribution in [0, 0.1) is 5.82 Å². The van der Waals surface area contributed by atoms with Crippen molar-refractivity contribution >= 4 is 21.9 Å². The monoisotopic (exact) mass is 325 g/mol. The molecular formula is C12H9BrFN3O2. The molecule has 0 radical (unpaired) electrons. The van der Waals surface area contributed by atoms with Gasteiger partial charge in [0, 0.05) is 10.4 Å². The lowest BCUT2D eigenvalue weighted by atomic mass is 10.3. The van der Waals surface area contributed by atoms with E-state index in [1.807, 2.05) is 0 Å². The van der Waals surface area contributed by atoms with Crippen molar-refractivity contribution in [2.24, 2.45) is 0 Å². The molecule has 98 valence electrons. The Morgan fingerprint density at radius 1 is 1.47 bits per heavy atom. The zero-order valence-corrected chi connectivity index (χ0v) is 11.3. The molecular weight excluding hydrogens is 317 g/mol. The van der Waals surface area contributed by atoms with Gasteiger partial charge in [0.15, 0.2) is 0 Å². The number of carbonyl (C=O) groups is 1. The summed E-state index contributed by atoms with van der Waals surface area (Å²) in [6, 6.07) is 4.43. The first kappa shape index (κ1) is 12.3. The van der Waals surface area contributed by atoms with Gasteiger partial charge in [-0.1, -0.05) is 15.9 Å². The third kappa shape index (κ3) is 2.25. The maximum atomic E-state index is 13.9. The van der Waals surface area contributed by atoms with E-state index < -0.39 is 11.8 Å². The average Bonchev–Trinajstić information content (AvgIpc) is 3.11. The fourth-order valence-electron chi connectivity index (χ4n) is 1.85. The average molecular weight is 326 g/mol. The van der Waals surface area contributed by atoms with E-state index in [1.165, 1.54) is 10.7 Å². The summed E-state index contributed by atoms with van der Waals surface area (Å²) in [6.45, 7) is 0. The predicted molar refractivity (Wildman–Crippen MR) is 68.0 cm³/mol. The van der Waals surface area contributed by atoms with Crippen LogP contribution in [0.15, 0.2) is 22.7 Å². The molecule has 3 rings (SSSR count). The number of carboxylic acids is 1. The van der Waals surface area contributed by atoms with Gasteiger partial charge in [-0.05, 0) is 31.0 Å². The molecule has 0 amide bonds. The lowest BCUT2D eigenvalue weighted by Crippen LogP contribution is -2.05. The summed E-state index contributed by atoms with van der Waals surface area (Å²) in [4.78, 5) is 14.9. The third-order valence-corrected chi connectivity index (χ3v) is 3.40. The molecule has 0 saturated heterocycles. The summed E-state index contributed by atoms with van der Waals surface area (Å²) in [7, 11) is 0. The van der Waals surface area contributed by atoms with E-state index in [2.05, 4.69) is 26.0 Å². The topological polar surface area (TPSA) is 68.0 Å². The highest BCUT2D eigenvalue weighted by atomic mass is 79.9. The molecule has 0 unspecified atom stereocenters. The normalized spacial score (nSPS) is 14.6. The van der Waals surface area contributed by atoms with Crippen molar-refractivity contribution in [2.75, 3.05) is 0 Å². The molecule has 1 saturated carbocycles. The Kier molecular flexibility index (Phi) is 2.85. The van der Waals surface area contributed by atoms with E-state index >= 15 is 0 Å². The van der Waals surface area contributed by atoms with E-state index in [9.17, 15) is 9.18 Å². The summed E-state index contributed by atoms with van der Waals surface area (Å²) in [5.74, 6) is -1.31. The molecule has 0 atom stereocenters. The Morgan fingerprint density at radius 2 is 2.21 bits per heavy atom. The first-order chi connectivity index (χ1) is 9.06. The van der Waals surface area contributed by atoms with Crippen LogP contribution in [-0.4, -0.2) is 25.8 Å². The minimum absolute atomic E-state index is 0.166. The van der Waals surface area contributed by atoms with Crippen molar-refractivity contribution in [3.8, 4) is 5.69 Å². The molecule has 2 aromatic rings. The minimum atomic E-state index is -1.21. The predicted octanol–water partition coefficient (Wildman–Crippen LogP) is 2.74. The van der Waals surface area contributed by atoms with Gasteiger partial charge in [0.2, 0.25) is 0 Å². The molecule has 0 spiro atoms. The SMILES string of the molecule is O=C(O)c1nc(C2CC2)n(-c2cc(Br)ccc2F)n1. The summed E-state index contributed by atoms with van der Waals surface area (Å²) < 4.78 is 15.9. The van der Waals surface area contributed by atoms with Crippen LogP contribution in [0.2, 0.25) is 0 Å². The van der Waals surface area contributed by atoms with E-state index in [-0.39, 0.29) is 17.4 Å². The number of hydrogen-bond donors (Lipinski definition) is 1. The number of aromatic carboxylic acids is 1. The second kappa shape index (κ2) is 4.41. The number of aromatic nitrogens is 3. The molecule has 1 heterocycles. The van der Waals surface area contributed by atoms with E-state index in [0.29, 0.717) is 10.3 Å². The van der Waals surface area contributed by atoms with Crippen LogP contribution in [0.1, 0.15) is 35.2 Å². The Hall–Kier alpha value is -1.76. The van der Waals surface area contributed by atoms with Crippen molar-refractivity contribution in [1.82, 2.24) is 14.8 Å². The lowest BCUT2D eigenvalue weighted by Gasteiger charge is -2.06. The van der Waals surface area contributed by atoms with E-state index in [4.69, 9.17) is 5.11 Å². The van der Waals surface area contributed by atoms with Gasteiger partial charge in [-0.3, -0.25) is 0 Å². The molecule has 1 aliphatic carbocycles. The number of nitrogens with zero attached hydrogens (tertiary/aromatic N) is 3. The van der Waals surface area contributed by atoms with Crippen molar-refractivity contribution < 1.29 is 14.3 Å². The van der Waals surface area contributed by atoms with Crippen LogP contribution in [0.3, 0.4) is 0 Å². The van der Waals surface area contributed by atoms with Gasteiger partial charge < -0.3 is 5.11 Å². The Balaban J connectivity index is 2.17. The molecule has 1 N–H and O–H groups in total. The van der Waals surface area contributed by atoms with Crippen molar-refractivity contribution in [3.63, 3.8) is 0 Å². The van der Waals surface area contributed by atoms with Gasteiger partial charge >= 0.3 is 5.97 Å². The Bertz CT molecular complexity index is 667. The zero-order valence-electron chi connectivity index (χ0n) is 9.68. The van der Waals surface area contributed by atoms with E-state index in [0.717, 1.165) is 12.8 Å². The largest absolute Gasteiger partial charge is 0.475 e. The summed E-state index contributed by atoms with van der Waals surface area (Å²) in [5.41, 5.74) is 0.205. The van der Waals surface area contributed by atoms with Crippen LogP contribution >= 0.6 is 15.9 Å². The second-order valence-corrected chi connectivity index (χ2v) is 5.30. The number of carboxylic acid groups (broad SMARTS) is 1. The van der Waals surface area contributed by atoms with Crippen LogP contribution in [0.5, 0.6) is 0 Å². The number of rotatable bonds is 3. The van der Waals surface area contributed by atoms with Gasteiger partial charge in [0.1, 0.15) is 17.3 Å². The van der Waals surface area contributed by atoms with Gasteiger partial charge in [-0.25, -0.2) is 18.9 Å². The van der Waals surface area contributed by atoms with Crippen LogP contribution in [0.4, 0.5) is 4.39 Å². The molecule has 0 bridgehead atoms. The highest BCUT2D eigenvalue weighted by Gasteiger charge is 2.32. The summed E-state index contributed by atoms with van der Waals surface area (Å²) >= 11 is 3.26. The quantitative estimate of drug-likeness (QED) is 0.942. The highest BCUT2D eigenvalue weighted by molar-refractivity contribution is 9.10. The highest BCUT2D eigenvalue weighted by Crippen LogP contribution is 2.40. The zero-order chi connectivity index (χ0) is 13.6. The van der Waals surface area contributed by atoms with Crippen molar-refractivity contribution in [3.05, 3.63) is 40.1 Å². The fourth-order valence-corrected chi connectivity index (χ4v) is 2.19. The molecule has 1 aromatic carbocycles. The molecule has 19 heavy (non-hydrogen) atoms. The second-order valence-electron chi connectivity index (χ2n) is 4.38. The number of halogens is 2. The first-order valence-corrected chi connectivity index (χ1v) is 6.51. The van der Waals surface area contributed by atoms with Gasteiger partial charge in [0.05, 0.1) is 0 Å². The van der Waals surface area contributed by atoms with Crippen LogP contribution in [-0.2, 0) is 0 Å². The molecule has 1 fully saturated rings. The smallest absolute Gasteiger partial charge is 0.375 e. The molecule has 0 aliphatic heterocycles.